The molecule has 29 heavy (non-hydrogen) atoms. The number of hydrogen-bond acceptors (Lipinski definition) is 2. The minimum Gasteiger partial charge on any atom is -0.349 e. The van der Waals surface area contributed by atoms with Gasteiger partial charge in [0, 0.05) is 29.6 Å². The van der Waals surface area contributed by atoms with E-state index in [1.54, 1.807) is 24.3 Å². The SMILES string of the molecule is CC(C)CC(NC(=O)C1CCN(C(=O)c2ccc(Cl)cc2)CC1)c1ccccc1. The van der Waals surface area contributed by atoms with Crippen LogP contribution in [0.2, 0.25) is 5.02 Å². The van der Waals surface area contributed by atoms with Crippen molar-refractivity contribution in [2.24, 2.45) is 11.8 Å². The maximum atomic E-state index is 12.9. The summed E-state index contributed by atoms with van der Waals surface area (Å²) in [5.41, 5.74) is 1.78. The van der Waals surface area contributed by atoms with Gasteiger partial charge in [0.25, 0.3) is 5.91 Å². The van der Waals surface area contributed by atoms with Crippen LogP contribution in [0.5, 0.6) is 0 Å². The molecular formula is C24H29ClN2O2. The van der Waals surface area contributed by atoms with Gasteiger partial charge in [0.15, 0.2) is 0 Å². The number of likely N-dealkylation sites (tertiary alicyclic amines) is 1. The molecule has 1 aliphatic rings. The largest absolute Gasteiger partial charge is 0.349 e. The number of nitrogens with one attached hydrogen (secondary N) is 1. The summed E-state index contributed by atoms with van der Waals surface area (Å²) in [6, 6.07) is 17.1. The Bertz CT molecular complexity index is 813. The normalized spacial score (nSPS) is 15.9. The zero-order valence-electron chi connectivity index (χ0n) is 17.1. The molecule has 0 aliphatic carbocycles. The van der Waals surface area contributed by atoms with Crippen LogP contribution in [0.1, 0.15) is 55.1 Å². The van der Waals surface area contributed by atoms with Gasteiger partial charge in [0.05, 0.1) is 6.04 Å². The number of rotatable bonds is 6. The fraction of sp³-hybridized carbons (Fsp3) is 0.417. The molecule has 1 fully saturated rings. The van der Waals surface area contributed by atoms with E-state index in [1.165, 1.54) is 0 Å². The van der Waals surface area contributed by atoms with Crippen molar-refractivity contribution in [3.63, 3.8) is 0 Å². The van der Waals surface area contributed by atoms with Crippen LogP contribution in [0.4, 0.5) is 0 Å². The average molecular weight is 413 g/mol. The Balaban J connectivity index is 1.57. The van der Waals surface area contributed by atoms with Crippen molar-refractivity contribution < 1.29 is 9.59 Å². The quantitative estimate of drug-likeness (QED) is 0.717. The molecule has 0 bridgehead atoms. The molecule has 1 heterocycles. The van der Waals surface area contributed by atoms with E-state index in [0.29, 0.717) is 42.4 Å². The van der Waals surface area contributed by atoms with E-state index in [1.807, 2.05) is 23.1 Å². The first-order valence-corrected chi connectivity index (χ1v) is 10.7. The van der Waals surface area contributed by atoms with Crippen LogP contribution in [0.15, 0.2) is 54.6 Å². The minimum absolute atomic E-state index is 0.00231. The standard InChI is InChI=1S/C24H29ClN2O2/c1-17(2)16-22(18-6-4-3-5-7-18)26-23(28)19-12-14-27(15-13-19)24(29)20-8-10-21(25)11-9-20/h3-11,17,19,22H,12-16H2,1-2H3,(H,26,28). The molecule has 2 amide bonds. The van der Waals surface area contributed by atoms with Gasteiger partial charge in [0.1, 0.15) is 0 Å². The van der Waals surface area contributed by atoms with Crippen molar-refractivity contribution in [2.45, 2.75) is 39.2 Å². The molecule has 0 saturated carbocycles. The Kier molecular flexibility index (Phi) is 7.32. The maximum absolute atomic E-state index is 12.9. The Hall–Kier alpha value is -2.33. The lowest BCUT2D eigenvalue weighted by Gasteiger charge is -2.32. The summed E-state index contributed by atoms with van der Waals surface area (Å²) in [6.07, 6.45) is 2.28. The zero-order valence-corrected chi connectivity index (χ0v) is 17.9. The number of amides is 2. The molecule has 4 nitrogen and oxygen atoms in total. The highest BCUT2D eigenvalue weighted by atomic mass is 35.5. The number of benzene rings is 2. The first kappa shape index (κ1) is 21.4. The predicted molar refractivity (Wildman–Crippen MR) is 117 cm³/mol. The third kappa shape index (κ3) is 5.83. The zero-order chi connectivity index (χ0) is 20.8. The molecule has 1 N–H and O–H groups in total. The number of piperidine rings is 1. The highest BCUT2D eigenvalue weighted by Gasteiger charge is 2.29. The lowest BCUT2D eigenvalue weighted by atomic mass is 9.92. The van der Waals surface area contributed by atoms with Gasteiger partial charge in [-0.2, -0.15) is 0 Å². The molecule has 1 saturated heterocycles. The molecule has 2 aromatic rings. The number of carbonyl (C=O) groups excluding carboxylic acids is 2. The van der Waals surface area contributed by atoms with Crippen molar-refractivity contribution in [2.75, 3.05) is 13.1 Å². The van der Waals surface area contributed by atoms with Gasteiger partial charge < -0.3 is 10.2 Å². The molecule has 0 spiro atoms. The number of halogens is 1. The van der Waals surface area contributed by atoms with Crippen molar-refractivity contribution in [1.82, 2.24) is 10.2 Å². The van der Waals surface area contributed by atoms with E-state index in [2.05, 4.69) is 31.3 Å². The van der Waals surface area contributed by atoms with Gasteiger partial charge in [-0.25, -0.2) is 0 Å². The second kappa shape index (κ2) is 9.93. The Morgan fingerprint density at radius 2 is 1.66 bits per heavy atom. The monoisotopic (exact) mass is 412 g/mol. The molecule has 1 aliphatic heterocycles. The second-order valence-corrected chi connectivity index (χ2v) is 8.61. The van der Waals surface area contributed by atoms with Crippen LogP contribution >= 0.6 is 11.6 Å². The van der Waals surface area contributed by atoms with Crippen LogP contribution in [0, 0.1) is 11.8 Å². The van der Waals surface area contributed by atoms with Crippen LogP contribution in [0.3, 0.4) is 0 Å². The van der Waals surface area contributed by atoms with E-state index >= 15 is 0 Å². The Morgan fingerprint density at radius 1 is 1.03 bits per heavy atom. The van der Waals surface area contributed by atoms with Crippen LogP contribution in [-0.4, -0.2) is 29.8 Å². The van der Waals surface area contributed by atoms with Crippen LogP contribution in [-0.2, 0) is 4.79 Å². The van der Waals surface area contributed by atoms with E-state index in [0.717, 1.165) is 12.0 Å². The van der Waals surface area contributed by atoms with Crippen LogP contribution in [0.25, 0.3) is 0 Å². The average Bonchev–Trinajstić information content (AvgIpc) is 2.73. The third-order valence-electron chi connectivity index (χ3n) is 5.47. The number of hydrogen-bond donors (Lipinski definition) is 1. The highest BCUT2D eigenvalue weighted by Crippen LogP contribution is 2.25. The Labute approximate surface area is 178 Å². The lowest BCUT2D eigenvalue weighted by Crippen LogP contribution is -2.43. The minimum atomic E-state index is -0.0531. The molecule has 2 aromatic carbocycles. The first-order chi connectivity index (χ1) is 13.9. The van der Waals surface area contributed by atoms with Crippen molar-refractivity contribution in [3.05, 3.63) is 70.7 Å². The molecule has 5 heteroatoms. The summed E-state index contributed by atoms with van der Waals surface area (Å²) >= 11 is 5.90. The van der Waals surface area contributed by atoms with Crippen LogP contribution < -0.4 is 5.32 Å². The molecule has 1 atom stereocenters. The second-order valence-electron chi connectivity index (χ2n) is 8.17. The van der Waals surface area contributed by atoms with Gasteiger partial charge in [-0.1, -0.05) is 55.8 Å². The molecule has 3 rings (SSSR count). The molecule has 154 valence electrons. The topological polar surface area (TPSA) is 49.4 Å². The number of nitrogens with zero attached hydrogens (tertiary/aromatic N) is 1. The summed E-state index contributed by atoms with van der Waals surface area (Å²) in [5.74, 6) is 0.530. The molecule has 0 radical (unpaired) electrons. The maximum Gasteiger partial charge on any atom is 0.253 e. The fourth-order valence-corrected chi connectivity index (χ4v) is 3.97. The van der Waals surface area contributed by atoms with E-state index in [4.69, 9.17) is 11.6 Å². The molecule has 0 aromatic heterocycles. The summed E-state index contributed by atoms with van der Waals surface area (Å²) in [4.78, 5) is 27.4. The fourth-order valence-electron chi connectivity index (χ4n) is 3.84. The summed E-state index contributed by atoms with van der Waals surface area (Å²) in [7, 11) is 0. The van der Waals surface area contributed by atoms with E-state index in [9.17, 15) is 9.59 Å². The summed E-state index contributed by atoms with van der Waals surface area (Å²) in [5, 5.41) is 3.88. The van der Waals surface area contributed by atoms with Crippen molar-refractivity contribution >= 4 is 23.4 Å². The molecular weight excluding hydrogens is 384 g/mol. The van der Waals surface area contributed by atoms with Crippen molar-refractivity contribution in [1.29, 1.82) is 0 Å². The molecule has 1 unspecified atom stereocenters. The van der Waals surface area contributed by atoms with Gasteiger partial charge in [0.2, 0.25) is 5.91 Å². The van der Waals surface area contributed by atoms with Gasteiger partial charge in [-0.3, -0.25) is 9.59 Å². The first-order valence-electron chi connectivity index (χ1n) is 10.3. The van der Waals surface area contributed by atoms with Gasteiger partial charge >= 0.3 is 0 Å². The van der Waals surface area contributed by atoms with Gasteiger partial charge in [-0.15, -0.1) is 0 Å². The number of carbonyl (C=O) groups is 2. The Morgan fingerprint density at radius 3 is 2.24 bits per heavy atom. The van der Waals surface area contributed by atoms with E-state index < -0.39 is 0 Å². The van der Waals surface area contributed by atoms with E-state index in [-0.39, 0.29) is 23.8 Å². The highest BCUT2D eigenvalue weighted by molar-refractivity contribution is 6.30. The summed E-state index contributed by atoms with van der Waals surface area (Å²) in [6.45, 7) is 5.53. The predicted octanol–water partition coefficient (Wildman–Crippen LogP) is 5.10. The smallest absolute Gasteiger partial charge is 0.253 e. The van der Waals surface area contributed by atoms with Gasteiger partial charge in [-0.05, 0) is 55.0 Å². The van der Waals surface area contributed by atoms with Crippen molar-refractivity contribution in [3.8, 4) is 0 Å². The third-order valence-corrected chi connectivity index (χ3v) is 5.72. The summed E-state index contributed by atoms with van der Waals surface area (Å²) < 4.78 is 0. The lowest BCUT2D eigenvalue weighted by molar-refractivity contribution is -0.127.